The smallest absolute Gasteiger partial charge is 0.264 e. The lowest BCUT2D eigenvalue weighted by atomic mass is 10.0. The van der Waals surface area contributed by atoms with Crippen LogP contribution in [0.2, 0.25) is 0 Å². The molecule has 0 aliphatic heterocycles. The third-order valence-corrected chi connectivity index (χ3v) is 6.91. The standard InChI is InChI=1S/C24H26N2O4S/c1-16-13-17(2)23(18(3)14-16)25-24(27)19-7-6-8-20(15-19)26(4)31(28,29)22-11-9-21(30-5)10-12-22/h6-15H,1-5H3,(H,25,27). The normalized spacial score (nSPS) is 11.1. The number of aryl methyl sites for hydroxylation is 3. The van der Waals surface area contributed by atoms with Gasteiger partial charge in [-0.05, 0) is 74.4 Å². The maximum atomic E-state index is 13.0. The third kappa shape index (κ3) is 4.72. The fourth-order valence-electron chi connectivity index (χ4n) is 3.45. The highest BCUT2D eigenvalue weighted by molar-refractivity contribution is 7.92. The van der Waals surface area contributed by atoms with Crippen molar-refractivity contribution in [1.82, 2.24) is 0 Å². The van der Waals surface area contributed by atoms with Gasteiger partial charge in [0, 0.05) is 18.3 Å². The average Bonchev–Trinajstić information content (AvgIpc) is 2.75. The fourth-order valence-corrected chi connectivity index (χ4v) is 4.64. The van der Waals surface area contributed by atoms with Gasteiger partial charge >= 0.3 is 0 Å². The molecular formula is C24H26N2O4S. The molecule has 0 radical (unpaired) electrons. The lowest BCUT2D eigenvalue weighted by Gasteiger charge is -2.20. The molecule has 0 aromatic heterocycles. The Morgan fingerprint density at radius 3 is 2.13 bits per heavy atom. The molecule has 6 nitrogen and oxygen atoms in total. The van der Waals surface area contributed by atoms with E-state index in [1.165, 1.54) is 26.3 Å². The zero-order valence-corrected chi connectivity index (χ0v) is 19.1. The van der Waals surface area contributed by atoms with Crippen LogP contribution in [0.5, 0.6) is 5.75 Å². The summed E-state index contributed by atoms with van der Waals surface area (Å²) in [6, 6.07) is 16.7. The Morgan fingerprint density at radius 1 is 0.935 bits per heavy atom. The molecule has 0 saturated carbocycles. The van der Waals surface area contributed by atoms with Crippen LogP contribution in [0, 0.1) is 20.8 Å². The van der Waals surface area contributed by atoms with Gasteiger partial charge in [0.25, 0.3) is 15.9 Å². The highest BCUT2D eigenvalue weighted by Crippen LogP contribution is 2.26. The van der Waals surface area contributed by atoms with Crippen molar-refractivity contribution < 1.29 is 17.9 Å². The Balaban J connectivity index is 1.87. The molecule has 3 aromatic carbocycles. The number of hydrogen-bond donors (Lipinski definition) is 1. The predicted molar refractivity (Wildman–Crippen MR) is 124 cm³/mol. The minimum Gasteiger partial charge on any atom is -0.497 e. The van der Waals surface area contributed by atoms with Gasteiger partial charge < -0.3 is 10.1 Å². The lowest BCUT2D eigenvalue weighted by Crippen LogP contribution is -2.27. The zero-order valence-electron chi connectivity index (χ0n) is 18.3. The Bertz CT molecular complexity index is 1200. The second-order valence-electron chi connectivity index (χ2n) is 7.43. The molecule has 1 N–H and O–H groups in total. The summed E-state index contributed by atoms with van der Waals surface area (Å²) in [4.78, 5) is 13.0. The quantitative estimate of drug-likeness (QED) is 0.605. The second kappa shape index (κ2) is 8.81. The molecule has 7 heteroatoms. The predicted octanol–water partition coefficient (Wildman–Crippen LogP) is 4.70. The van der Waals surface area contributed by atoms with Gasteiger partial charge in [0.2, 0.25) is 0 Å². The number of carbonyl (C=O) groups excluding carboxylic acids is 1. The Kier molecular flexibility index (Phi) is 6.36. The van der Waals surface area contributed by atoms with Crippen molar-refractivity contribution in [3.63, 3.8) is 0 Å². The van der Waals surface area contributed by atoms with Gasteiger partial charge in [0.05, 0.1) is 17.7 Å². The number of methoxy groups -OCH3 is 1. The van der Waals surface area contributed by atoms with Gasteiger partial charge in [-0.1, -0.05) is 23.8 Å². The van der Waals surface area contributed by atoms with E-state index in [1.807, 2.05) is 32.9 Å². The van der Waals surface area contributed by atoms with Crippen molar-refractivity contribution >= 4 is 27.3 Å². The second-order valence-corrected chi connectivity index (χ2v) is 9.40. The number of ether oxygens (including phenoxy) is 1. The molecule has 0 heterocycles. The molecule has 0 bridgehead atoms. The van der Waals surface area contributed by atoms with Crippen LogP contribution in [0.4, 0.5) is 11.4 Å². The van der Waals surface area contributed by atoms with E-state index in [0.717, 1.165) is 26.7 Å². The summed E-state index contributed by atoms with van der Waals surface area (Å²) in [6.07, 6.45) is 0. The Labute approximate surface area is 183 Å². The van der Waals surface area contributed by atoms with Crippen molar-refractivity contribution in [2.75, 3.05) is 23.8 Å². The molecule has 3 rings (SSSR count). The number of rotatable bonds is 6. The van der Waals surface area contributed by atoms with E-state index in [4.69, 9.17) is 4.74 Å². The molecule has 162 valence electrons. The van der Waals surface area contributed by atoms with Crippen molar-refractivity contribution in [2.24, 2.45) is 0 Å². The van der Waals surface area contributed by atoms with Crippen LogP contribution in [-0.4, -0.2) is 28.5 Å². The largest absolute Gasteiger partial charge is 0.497 e. The SMILES string of the molecule is COc1ccc(S(=O)(=O)N(C)c2cccc(C(=O)Nc3c(C)cc(C)cc3C)c2)cc1. The molecular weight excluding hydrogens is 412 g/mol. The summed E-state index contributed by atoms with van der Waals surface area (Å²) in [6.45, 7) is 5.90. The first-order valence-electron chi connectivity index (χ1n) is 9.75. The summed E-state index contributed by atoms with van der Waals surface area (Å²) in [7, 11) is -0.808. The van der Waals surface area contributed by atoms with Gasteiger partial charge in [-0.25, -0.2) is 8.42 Å². The van der Waals surface area contributed by atoms with Gasteiger partial charge in [0.1, 0.15) is 5.75 Å². The third-order valence-electron chi connectivity index (χ3n) is 5.11. The van der Waals surface area contributed by atoms with Gasteiger partial charge in [-0.15, -0.1) is 0 Å². The van der Waals surface area contributed by atoms with Crippen molar-refractivity contribution in [1.29, 1.82) is 0 Å². The fraction of sp³-hybridized carbons (Fsp3) is 0.208. The lowest BCUT2D eigenvalue weighted by molar-refractivity contribution is 0.102. The number of amides is 1. The first kappa shape index (κ1) is 22.4. The van der Waals surface area contributed by atoms with Crippen LogP contribution >= 0.6 is 0 Å². The van der Waals surface area contributed by atoms with E-state index >= 15 is 0 Å². The molecule has 0 unspecified atom stereocenters. The molecule has 0 spiro atoms. The van der Waals surface area contributed by atoms with Crippen LogP contribution in [-0.2, 0) is 10.0 Å². The summed E-state index contributed by atoms with van der Waals surface area (Å²) in [5.74, 6) is 0.272. The van der Waals surface area contributed by atoms with Gasteiger partial charge in [-0.3, -0.25) is 9.10 Å². The van der Waals surface area contributed by atoms with E-state index in [9.17, 15) is 13.2 Å². The summed E-state index contributed by atoms with van der Waals surface area (Å²) in [5.41, 5.74) is 4.59. The topological polar surface area (TPSA) is 75.7 Å². The molecule has 0 aliphatic rings. The highest BCUT2D eigenvalue weighted by Gasteiger charge is 2.22. The molecule has 0 aliphatic carbocycles. The van der Waals surface area contributed by atoms with Crippen molar-refractivity contribution in [3.8, 4) is 5.75 Å². The number of sulfonamides is 1. The first-order chi connectivity index (χ1) is 14.6. The molecule has 31 heavy (non-hydrogen) atoms. The number of anilines is 2. The Hall–Kier alpha value is -3.32. The summed E-state index contributed by atoms with van der Waals surface area (Å²) < 4.78 is 32.3. The maximum Gasteiger partial charge on any atom is 0.264 e. The maximum absolute atomic E-state index is 13.0. The van der Waals surface area contributed by atoms with Crippen LogP contribution in [0.25, 0.3) is 0 Å². The first-order valence-corrected chi connectivity index (χ1v) is 11.2. The number of hydrogen-bond acceptors (Lipinski definition) is 4. The highest BCUT2D eigenvalue weighted by atomic mass is 32.2. The molecule has 3 aromatic rings. The van der Waals surface area contributed by atoms with Gasteiger partial charge in [0.15, 0.2) is 0 Å². The molecule has 1 amide bonds. The van der Waals surface area contributed by atoms with E-state index in [-0.39, 0.29) is 10.8 Å². The molecule has 0 saturated heterocycles. The van der Waals surface area contributed by atoms with E-state index in [2.05, 4.69) is 5.32 Å². The van der Waals surface area contributed by atoms with E-state index in [1.54, 1.807) is 36.4 Å². The van der Waals surface area contributed by atoms with E-state index in [0.29, 0.717) is 17.0 Å². The zero-order chi connectivity index (χ0) is 22.8. The van der Waals surface area contributed by atoms with Crippen molar-refractivity contribution in [3.05, 3.63) is 82.9 Å². The number of benzene rings is 3. The van der Waals surface area contributed by atoms with Crippen LogP contribution < -0.4 is 14.4 Å². The summed E-state index contributed by atoms with van der Waals surface area (Å²) in [5, 5.41) is 2.95. The monoisotopic (exact) mass is 438 g/mol. The molecule has 0 atom stereocenters. The van der Waals surface area contributed by atoms with Crippen LogP contribution in [0.3, 0.4) is 0 Å². The van der Waals surface area contributed by atoms with Crippen molar-refractivity contribution in [2.45, 2.75) is 25.7 Å². The summed E-state index contributed by atoms with van der Waals surface area (Å²) >= 11 is 0. The van der Waals surface area contributed by atoms with Gasteiger partial charge in [-0.2, -0.15) is 0 Å². The van der Waals surface area contributed by atoms with E-state index < -0.39 is 10.0 Å². The Morgan fingerprint density at radius 2 is 1.55 bits per heavy atom. The van der Waals surface area contributed by atoms with Crippen LogP contribution in [0.15, 0.2) is 65.6 Å². The minimum atomic E-state index is -3.79. The number of nitrogens with one attached hydrogen (secondary N) is 1. The molecule has 0 fully saturated rings. The number of nitrogens with zero attached hydrogens (tertiary/aromatic N) is 1. The number of carbonyl (C=O) groups is 1. The van der Waals surface area contributed by atoms with Crippen LogP contribution in [0.1, 0.15) is 27.0 Å². The minimum absolute atomic E-state index is 0.136. The average molecular weight is 439 g/mol.